The first-order chi connectivity index (χ1) is 9.36. The minimum absolute atomic E-state index is 0.785. The van der Waals surface area contributed by atoms with Gasteiger partial charge in [-0.25, -0.2) is 0 Å². The summed E-state index contributed by atoms with van der Waals surface area (Å²) >= 11 is 5.86. The number of hydrogen-bond acceptors (Lipinski definition) is 1. The van der Waals surface area contributed by atoms with E-state index in [1.807, 2.05) is 0 Å². The summed E-state index contributed by atoms with van der Waals surface area (Å²) in [7, 11) is 0. The molecule has 2 aliphatic carbocycles. The summed E-state index contributed by atoms with van der Waals surface area (Å²) in [5, 5.41) is 0. The highest BCUT2D eigenvalue weighted by Crippen LogP contribution is 2.28. The van der Waals surface area contributed by atoms with Crippen LogP contribution in [0.5, 0.6) is 0 Å². The molecule has 0 atom stereocenters. The van der Waals surface area contributed by atoms with Crippen molar-refractivity contribution in [2.45, 2.75) is 57.5 Å². The zero-order valence-electron chi connectivity index (χ0n) is 11.7. The topological polar surface area (TPSA) is 3.24 Å². The van der Waals surface area contributed by atoms with Crippen molar-refractivity contribution in [1.82, 2.24) is 4.90 Å². The highest BCUT2D eigenvalue weighted by Gasteiger charge is 2.24. The maximum absolute atomic E-state index is 5.86. The van der Waals surface area contributed by atoms with E-state index in [9.17, 15) is 0 Å². The molecule has 2 aliphatic rings. The van der Waals surface area contributed by atoms with E-state index in [4.69, 9.17) is 11.6 Å². The standard InChI is InChI=1S/C17H24ClN/c18-10-3-11-19(17-6-2-7-17)13-14-8-9-15-4-1-5-16(15)12-14/h8-9,12,17H,1-7,10-11,13H2. The molecule has 0 bridgehead atoms. The largest absolute Gasteiger partial charge is 0.296 e. The maximum Gasteiger partial charge on any atom is 0.0236 e. The van der Waals surface area contributed by atoms with Gasteiger partial charge in [-0.15, -0.1) is 11.6 Å². The molecule has 19 heavy (non-hydrogen) atoms. The lowest BCUT2D eigenvalue weighted by Crippen LogP contribution is -2.40. The monoisotopic (exact) mass is 277 g/mol. The average Bonchev–Trinajstić information content (AvgIpc) is 2.81. The summed E-state index contributed by atoms with van der Waals surface area (Å²) in [6, 6.07) is 7.97. The van der Waals surface area contributed by atoms with Crippen molar-refractivity contribution in [2.24, 2.45) is 0 Å². The summed E-state index contributed by atoms with van der Waals surface area (Å²) in [6.07, 6.45) is 9.20. The molecule has 0 aromatic heterocycles. The van der Waals surface area contributed by atoms with Crippen LogP contribution in [0.25, 0.3) is 0 Å². The third-order valence-electron chi connectivity index (χ3n) is 4.72. The first kappa shape index (κ1) is 13.5. The van der Waals surface area contributed by atoms with E-state index < -0.39 is 0 Å². The van der Waals surface area contributed by atoms with Gasteiger partial charge >= 0.3 is 0 Å². The quantitative estimate of drug-likeness (QED) is 0.706. The van der Waals surface area contributed by atoms with E-state index in [0.29, 0.717) is 0 Å². The molecule has 1 aromatic carbocycles. The molecule has 0 aliphatic heterocycles. The van der Waals surface area contributed by atoms with Crippen LogP contribution in [0.4, 0.5) is 0 Å². The second kappa shape index (κ2) is 6.28. The molecule has 0 N–H and O–H groups in total. The highest BCUT2D eigenvalue weighted by molar-refractivity contribution is 6.17. The lowest BCUT2D eigenvalue weighted by molar-refractivity contribution is 0.120. The van der Waals surface area contributed by atoms with Crippen molar-refractivity contribution in [1.29, 1.82) is 0 Å². The molecule has 1 nitrogen and oxygen atoms in total. The van der Waals surface area contributed by atoms with Crippen LogP contribution in [0.3, 0.4) is 0 Å². The van der Waals surface area contributed by atoms with E-state index in [1.54, 1.807) is 11.1 Å². The number of halogens is 1. The van der Waals surface area contributed by atoms with Crippen LogP contribution in [0.1, 0.15) is 48.8 Å². The van der Waals surface area contributed by atoms with E-state index in [2.05, 4.69) is 23.1 Å². The van der Waals surface area contributed by atoms with Crippen LogP contribution in [0, 0.1) is 0 Å². The van der Waals surface area contributed by atoms with Crippen LogP contribution in [-0.2, 0) is 19.4 Å². The molecule has 0 amide bonds. The number of aryl methyl sites for hydroxylation is 2. The lowest BCUT2D eigenvalue weighted by atomic mass is 9.91. The Bertz CT molecular complexity index is 425. The van der Waals surface area contributed by atoms with Crippen LogP contribution in [0.2, 0.25) is 0 Å². The molecular weight excluding hydrogens is 254 g/mol. The van der Waals surface area contributed by atoms with Crippen LogP contribution in [0.15, 0.2) is 18.2 Å². The normalized spacial score (nSPS) is 18.6. The third kappa shape index (κ3) is 3.14. The van der Waals surface area contributed by atoms with Crippen LogP contribution >= 0.6 is 11.6 Å². The second-order valence-electron chi connectivity index (χ2n) is 6.05. The fraction of sp³-hybridized carbons (Fsp3) is 0.647. The highest BCUT2D eigenvalue weighted by atomic mass is 35.5. The van der Waals surface area contributed by atoms with Crippen molar-refractivity contribution in [3.05, 3.63) is 34.9 Å². The smallest absolute Gasteiger partial charge is 0.0236 e. The summed E-state index contributed by atoms with van der Waals surface area (Å²) in [6.45, 7) is 2.28. The Morgan fingerprint density at radius 2 is 1.95 bits per heavy atom. The van der Waals surface area contributed by atoms with Gasteiger partial charge in [-0.2, -0.15) is 0 Å². The second-order valence-corrected chi connectivity index (χ2v) is 6.43. The van der Waals surface area contributed by atoms with Gasteiger partial charge in [-0.05, 0) is 61.8 Å². The molecule has 0 heterocycles. The van der Waals surface area contributed by atoms with E-state index in [1.165, 1.54) is 44.1 Å². The van der Waals surface area contributed by atoms with Crippen molar-refractivity contribution < 1.29 is 0 Å². The Labute approximate surface area is 121 Å². The average molecular weight is 278 g/mol. The van der Waals surface area contributed by atoms with Gasteiger partial charge in [0.25, 0.3) is 0 Å². The molecule has 1 saturated carbocycles. The Morgan fingerprint density at radius 3 is 2.68 bits per heavy atom. The Balaban J connectivity index is 1.66. The molecule has 3 rings (SSSR count). The fourth-order valence-corrected chi connectivity index (χ4v) is 3.48. The zero-order chi connectivity index (χ0) is 13.1. The molecular formula is C17H24ClN. The molecule has 1 fully saturated rings. The van der Waals surface area contributed by atoms with Gasteiger partial charge in [0.15, 0.2) is 0 Å². The van der Waals surface area contributed by atoms with Gasteiger partial charge in [-0.3, -0.25) is 4.90 Å². The summed E-state index contributed by atoms with van der Waals surface area (Å²) in [5.74, 6) is 0.785. The Morgan fingerprint density at radius 1 is 1.11 bits per heavy atom. The predicted molar refractivity (Wildman–Crippen MR) is 81.9 cm³/mol. The number of fused-ring (bicyclic) bond motifs is 1. The third-order valence-corrected chi connectivity index (χ3v) is 4.99. The maximum atomic E-state index is 5.86. The molecule has 0 saturated heterocycles. The van der Waals surface area contributed by atoms with Gasteiger partial charge < -0.3 is 0 Å². The summed E-state index contributed by atoms with van der Waals surface area (Å²) in [5.41, 5.74) is 4.69. The molecule has 2 heteroatoms. The molecule has 104 valence electrons. The summed E-state index contributed by atoms with van der Waals surface area (Å²) in [4.78, 5) is 2.66. The van der Waals surface area contributed by atoms with Crippen molar-refractivity contribution in [3.8, 4) is 0 Å². The van der Waals surface area contributed by atoms with Gasteiger partial charge in [-0.1, -0.05) is 24.6 Å². The first-order valence-electron chi connectivity index (χ1n) is 7.77. The Kier molecular flexibility index (Phi) is 4.45. The van der Waals surface area contributed by atoms with Crippen molar-refractivity contribution in [3.63, 3.8) is 0 Å². The van der Waals surface area contributed by atoms with Gasteiger partial charge in [0.1, 0.15) is 0 Å². The number of alkyl halides is 1. The summed E-state index contributed by atoms with van der Waals surface area (Å²) < 4.78 is 0. The zero-order valence-corrected chi connectivity index (χ0v) is 12.5. The van der Waals surface area contributed by atoms with Crippen molar-refractivity contribution in [2.75, 3.05) is 12.4 Å². The Hall–Kier alpha value is -0.530. The van der Waals surface area contributed by atoms with Gasteiger partial charge in [0, 0.05) is 18.5 Å². The van der Waals surface area contributed by atoms with E-state index in [0.717, 1.165) is 31.4 Å². The fourth-order valence-electron chi connectivity index (χ4n) is 3.36. The van der Waals surface area contributed by atoms with Crippen LogP contribution in [-0.4, -0.2) is 23.4 Å². The van der Waals surface area contributed by atoms with Crippen molar-refractivity contribution >= 4 is 11.6 Å². The van der Waals surface area contributed by atoms with E-state index >= 15 is 0 Å². The molecule has 0 spiro atoms. The number of hydrogen-bond donors (Lipinski definition) is 0. The predicted octanol–water partition coefficient (Wildman–Crippen LogP) is 4.16. The number of benzene rings is 1. The molecule has 0 unspecified atom stereocenters. The number of nitrogens with zero attached hydrogens (tertiary/aromatic N) is 1. The number of rotatable bonds is 6. The molecule has 1 aromatic rings. The van der Waals surface area contributed by atoms with Crippen LogP contribution < -0.4 is 0 Å². The minimum atomic E-state index is 0.785. The SMILES string of the molecule is ClCCCN(Cc1ccc2c(c1)CCC2)C1CCC1. The first-order valence-corrected chi connectivity index (χ1v) is 8.31. The van der Waals surface area contributed by atoms with E-state index in [-0.39, 0.29) is 0 Å². The van der Waals surface area contributed by atoms with Gasteiger partial charge in [0.05, 0.1) is 0 Å². The molecule has 0 radical (unpaired) electrons. The minimum Gasteiger partial charge on any atom is -0.296 e. The van der Waals surface area contributed by atoms with Gasteiger partial charge in [0.2, 0.25) is 0 Å². The lowest BCUT2D eigenvalue weighted by Gasteiger charge is -2.37.